The Bertz CT molecular complexity index is 878. The lowest BCUT2D eigenvalue weighted by atomic mass is 10.2. The fourth-order valence-corrected chi connectivity index (χ4v) is 3.64. The highest BCUT2D eigenvalue weighted by molar-refractivity contribution is 7.12. The summed E-state index contributed by atoms with van der Waals surface area (Å²) in [5.74, 6) is 0.673. The standard InChI is InChI=1S/C18H18N4O3S/c23-15(17-4-2-10-26-17)12-21-5-7-22(8-6-21)18(24)14-11-13(19-20-14)16-3-1-9-25-16/h1-4,9-11H,5-8,12H2,(H,19,20). The van der Waals surface area contributed by atoms with Crippen molar-refractivity contribution < 1.29 is 14.0 Å². The zero-order valence-corrected chi connectivity index (χ0v) is 14.9. The molecule has 1 N–H and O–H groups in total. The van der Waals surface area contributed by atoms with Gasteiger partial charge in [0.25, 0.3) is 5.91 Å². The van der Waals surface area contributed by atoms with E-state index in [1.807, 2.05) is 23.6 Å². The summed E-state index contributed by atoms with van der Waals surface area (Å²) in [6.45, 7) is 2.92. The number of aromatic nitrogens is 2. The average molecular weight is 370 g/mol. The summed E-state index contributed by atoms with van der Waals surface area (Å²) in [5.41, 5.74) is 1.05. The molecule has 1 amide bonds. The van der Waals surface area contributed by atoms with Gasteiger partial charge in [0, 0.05) is 32.2 Å². The molecule has 8 heteroatoms. The van der Waals surface area contributed by atoms with Crippen molar-refractivity contribution in [2.24, 2.45) is 0 Å². The quantitative estimate of drug-likeness (QED) is 0.697. The molecule has 0 aromatic carbocycles. The Kier molecular flexibility index (Phi) is 4.68. The summed E-state index contributed by atoms with van der Waals surface area (Å²) < 4.78 is 5.31. The lowest BCUT2D eigenvalue weighted by Gasteiger charge is -2.33. The maximum Gasteiger partial charge on any atom is 0.274 e. The van der Waals surface area contributed by atoms with Crippen LogP contribution in [-0.2, 0) is 0 Å². The first kappa shape index (κ1) is 16.7. The number of piperazine rings is 1. The van der Waals surface area contributed by atoms with E-state index in [9.17, 15) is 9.59 Å². The van der Waals surface area contributed by atoms with Gasteiger partial charge in [-0.3, -0.25) is 19.6 Å². The molecule has 134 valence electrons. The van der Waals surface area contributed by atoms with Gasteiger partial charge in [0.1, 0.15) is 5.69 Å². The minimum atomic E-state index is -0.108. The lowest BCUT2D eigenvalue weighted by molar-refractivity contribution is 0.0619. The number of amides is 1. The smallest absolute Gasteiger partial charge is 0.274 e. The molecule has 1 aliphatic rings. The van der Waals surface area contributed by atoms with E-state index in [1.165, 1.54) is 11.3 Å². The van der Waals surface area contributed by atoms with Crippen molar-refractivity contribution in [1.29, 1.82) is 0 Å². The first-order valence-electron chi connectivity index (χ1n) is 8.38. The Morgan fingerprint density at radius 1 is 1.19 bits per heavy atom. The van der Waals surface area contributed by atoms with E-state index < -0.39 is 0 Å². The number of nitrogens with zero attached hydrogens (tertiary/aromatic N) is 3. The van der Waals surface area contributed by atoms with Crippen molar-refractivity contribution in [2.75, 3.05) is 32.7 Å². The van der Waals surface area contributed by atoms with Crippen molar-refractivity contribution in [3.8, 4) is 11.5 Å². The third-order valence-corrected chi connectivity index (χ3v) is 5.32. The lowest BCUT2D eigenvalue weighted by Crippen LogP contribution is -2.49. The minimum absolute atomic E-state index is 0.108. The number of furan rings is 1. The topological polar surface area (TPSA) is 82.4 Å². The maximum atomic E-state index is 12.6. The highest BCUT2D eigenvalue weighted by atomic mass is 32.1. The van der Waals surface area contributed by atoms with Crippen molar-refractivity contribution in [3.05, 3.63) is 52.5 Å². The summed E-state index contributed by atoms with van der Waals surface area (Å²) in [7, 11) is 0. The van der Waals surface area contributed by atoms with E-state index in [1.54, 1.807) is 23.3 Å². The van der Waals surface area contributed by atoms with Crippen molar-refractivity contribution in [3.63, 3.8) is 0 Å². The molecule has 7 nitrogen and oxygen atoms in total. The number of nitrogens with one attached hydrogen (secondary N) is 1. The summed E-state index contributed by atoms with van der Waals surface area (Å²) in [5, 5.41) is 8.85. The van der Waals surface area contributed by atoms with Gasteiger partial charge in [-0.25, -0.2) is 0 Å². The van der Waals surface area contributed by atoms with E-state index in [2.05, 4.69) is 15.1 Å². The zero-order valence-electron chi connectivity index (χ0n) is 14.1. The number of H-pyrrole nitrogens is 1. The first-order chi connectivity index (χ1) is 12.7. The Balaban J connectivity index is 1.33. The Morgan fingerprint density at radius 3 is 2.73 bits per heavy atom. The third-order valence-electron chi connectivity index (χ3n) is 4.41. The molecule has 0 atom stereocenters. The number of carbonyl (C=O) groups excluding carboxylic acids is 2. The Morgan fingerprint density at radius 2 is 2.04 bits per heavy atom. The molecule has 1 fully saturated rings. The SMILES string of the molecule is O=C(CN1CCN(C(=O)c2cc(-c3ccco3)[nH]n2)CC1)c1cccs1. The van der Waals surface area contributed by atoms with Crippen LogP contribution >= 0.6 is 11.3 Å². The molecule has 26 heavy (non-hydrogen) atoms. The van der Waals surface area contributed by atoms with Crippen molar-refractivity contribution in [1.82, 2.24) is 20.0 Å². The number of carbonyl (C=O) groups is 2. The number of aromatic amines is 1. The Hall–Kier alpha value is -2.71. The summed E-state index contributed by atoms with van der Waals surface area (Å²) in [6, 6.07) is 9.03. The fourth-order valence-electron chi connectivity index (χ4n) is 2.98. The fraction of sp³-hybridized carbons (Fsp3) is 0.278. The van der Waals surface area contributed by atoms with Gasteiger partial charge in [0.2, 0.25) is 0 Å². The first-order valence-corrected chi connectivity index (χ1v) is 9.26. The molecule has 3 aromatic rings. The van der Waals surface area contributed by atoms with Crippen molar-refractivity contribution >= 4 is 23.0 Å². The number of Topliss-reactive ketones (excluding diaryl/α,β-unsaturated/α-hetero) is 1. The largest absolute Gasteiger partial charge is 0.463 e. The van der Waals surface area contributed by atoms with E-state index in [-0.39, 0.29) is 11.7 Å². The minimum Gasteiger partial charge on any atom is -0.463 e. The molecule has 0 saturated carbocycles. The molecular formula is C18H18N4O3S. The highest BCUT2D eigenvalue weighted by Crippen LogP contribution is 2.19. The molecule has 0 aliphatic carbocycles. The number of hydrogen-bond acceptors (Lipinski definition) is 6. The van der Waals surface area contributed by atoms with Crippen LogP contribution in [-0.4, -0.2) is 64.4 Å². The van der Waals surface area contributed by atoms with Crippen LogP contribution in [0, 0.1) is 0 Å². The summed E-state index contributed by atoms with van der Waals surface area (Å²) >= 11 is 1.46. The molecule has 0 radical (unpaired) electrons. The monoisotopic (exact) mass is 370 g/mol. The maximum absolute atomic E-state index is 12.6. The second-order valence-electron chi connectivity index (χ2n) is 6.11. The molecule has 1 aliphatic heterocycles. The van der Waals surface area contributed by atoms with E-state index in [4.69, 9.17) is 4.42 Å². The molecule has 1 saturated heterocycles. The van der Waals surface area contributed by atoms with Gasteiger partial charge in [-0.05, 0) is 23.6 Å². The third kappa shape index (κ3) is 3.47. The second kappa shape index (κ2) is 7.27. The van der Waals surface area contributed by atoms with Gasteiger partial charge in [-0.2, -0.15) is 5.10 Å². The number of thiophene rings is 1. The van der Waals surface area contributed by atoms with Crippen LogP contribution in [0.25, 0.3) is 11.5 Å². The van der Waals surface area contributed by atoms with Crippen LogP contribution in [0.15, 0.2) is 46.4 Å². The zero-order chi connectivity index (χ0) is 17.9. The number of ketones is 1. The van der Waals surface area contributed by atoms with Crippen LogP contribution in [0.3, 0.4) is 0 Å². The normalized spacial score (nSPS) is 15.3. The van der Waals surface area contributed by atoms with Crippen LogP contribution in [0.2, 0.25) is 0 Å². The van der Waals surface area contributed by atoms with Crippen LogP contribution < -0.4 is 0 Å². The molecular weight excluding hydrogens is 352 g/mol. The van der Waals surface area contributed by atoms with E-state index in [0.717, 1.165) is 4.88 Å². The molecule has 0 unspecified atom stereocenters. The van der Waals surface area contributed by atoms with Gasteiger partial charge < -0.3 is 9.32 Å². The molecule has 0 bridgehead atoms. The number of hydrogen-bond donors (Lipinski definition) is 1. The van der Waals surface area contributed by atoms with Gasteiger partial charge >= 0.3 is 0 Å². The molecule has 0 spiro atoms. The summed E-state index contributed by atoms with van der Waals surface area (Å²) in [4.78, 5) is 29.5. The second-order valence-corrected chi connectivity index (χ2v) is 7.06. The molecule has 4 heterocycles. The molecule has 4 rings (SSSR count). The van der Waals surface area contributed by atoms with Crippen LogP contribution in [0.4, 0.5) is 0 Å². The van der Waals surface area contributed by atoms with E-state index in [0.29, 0.717) is 49.9 Å². The summed E-state index contributed by atoms with van der Waals surface area (Å²) in [6.07, 6.45) is 1.58. The predicted molar refractivity (Wildman–Crippen MR) is 97.3 cm³/mol. The Labute approximate surface area is 154 Å². The van der Waals surface area contributed by atoms with Gasteiger partial charge in [-0.15, -0.1) is 11.3 Å². The van der Waals surface area contributed by atoms with Gasteiger partial charge in [0.15, 0.2) is 17.2 Å². The van der Waals surface area contributed by atoms with Gasteiger partial charge in [0.05, 0.1) is 17.7 Å². The highest BCUT2D eigenvalue weighted by Gasteiger charge is 2.25. The van der Waals surface area contributed by atoms with Crippen LogP contribution in [0.5, 0.6) is 0 Å². The van der Waals surface area contributed by atoms with E-state index >= 15 is 0 Å². The average Bonchev–Trinajstić information content (AvgIpc) is 3.43. The van der Waals surface area contributed by atoms with Gasteiger partial charge in [-0.1, -0.05) is 6.07 Å². The number of rotatable bonds is 5. The predicted octanol–water partition coefficient (Wildman–Crippen LogP) is 2.37. The van der Waals surface area contributed by atoms with Crippen LogP contribution in [0.1, 0.15) is 20.2 Å². The molecule has 3 aromatic heterocycles. The van der Waals surface area contributed by atoms with Crippen molar-refractivity contribution in [2.45, 2.75) is 0 Å².